The number of aryl methyl sites for hydroxylation is 1. The molecule has 2 nitrogen and oxygen atoms in total. The van der Waals surface area contributed by atoms with Crippen LogP contribution < -0.4 is 0 Å². The lowest BCUT2D eigenvalue weighted by atomic mass is 10.2. The molecular formula is C9H10INO. The smallest absolute Gasteiger partial charge is 0.0813 e. The van der Waals surface area contributed by atoms with Gasteiger partial charge in [0.1, 0.15) is 0 Å². The number of halogens is 1. The normalized spacial score (nSPS) is 20.9. The van der Waals surface area contributed by atoms with Crippen molar-refractivity contribution in [2.75, 3.05) is 6.61 Å². The molecule has 1 aliphatic rings. The molecule has 3 heteroatoms. The molecule has 1 aliphatic heterocycles. The van der Waals surface area contributed by atoms with Gasteiger partial charge in [-0.1, -0.05) is 0 Å². The van der Waals surface area contributed by atoms with E-state index in [9.17, 15) is 0 Å². The Kier molecular flexibility index (Phi) is 2.60. The summed E-state index contributed by atoms with van der Waals surface area (Å²) in [6.45, 7) is 0.949. The molecule has 64 valence electrons. The van der Waals surface area contributed by atoms with Crippen molar-refractivity contribution in [1.82, 2.24) is 4.98 Å². The van der Waals surface area contributed by atoms with E-state index in [1.807, 2.05) is 6.20 Å². The van der Waals surface area contributed by atoms with Crippen LogP contribution in [0.25, 0.3) is 0 Å². The predicted molar refractivity (Wildman–Crippen MR) is 55.0 cm³/mol. The highest BCUT2D eigenvalue weighted by molar-refractivity contribution is 14.1. The highest BCUT2D eigenvalue weighted by atomic mass is 127. The van der Waals surface area contributed by atoms with Crippen LogP contribution in [0, 0.1) is 3.57 Å². The first-order valence-corrected chi connectivity index (χ1v) is 5.14. The van der Waals surface area contributed by atoms with Gasteiger partial charge in [0.15, 0.2) is 0 Å². The molecule has 0 saturated carbocycles. The minimum atomic E-state index is 0.520. The Morgan fingerprint density at radius 2 is 2.42 bits per heavy atom. The van der Waals surface area contributed by atoms with E-state index < -0.39 is 0 Å². The lowest BCUT2D eigenvalue weighted by molar-refractivity contribution is 0.396. The standard InChI is InChI=1S/C9H10INO/c10-7-1-2-8(11-5-7)3-4-9-6-12-9/h1-2,5,9H,3-4,6H2/t9-/m0/s1. The fourth-order valence-corrected chi connectivity index (χ4v) is 1.42. The molecule has 0 spiro atoms. The first-order valence-electron chi connectivity index (χ1n) is 4.06. The van der Waals surface area contributed by atoms with Gasteiger partial charge in [-0.15, -0.1) is 0 Å². The van der Waals surface area contributed by atoms with Gasteiger partial charge >= 0.3 is 0 Å². The Balaban J connectivity index is 1.89. The number of hydrogen-bond acceptors (Lipinski definition) is 2. The summed E-state index contributed by atoms with van der Waals surface area (Å²) in [5.41, 5.74) is 1.17. The summed E-state index contributed by atoms with van der Waals surface area (Å²) >= 11 is 2.26. The summed E-state index contributed by atoms with van der Waals surface area (Å²) in [5.74, 6) is 0. The lowest BCUT2D eigenvalue weighted by Gasteiger charge is -1.97. The van der Waals surface area contributed by atoms with Crippen molar-refractivity contribution in [3.63, 3.8) is 0 Å². The second kappa shape index (κ2) is 3.70. The average Bonchev–Trinajstić information content (AvgIpc) is 2.87. The summed E-state index contributed by atoms with van der Waals surface area (Å²) in [5, 5.41) is 0. The van der Waals surface area contributed by atoms with Crippen molar-refractivity contribution < 1.29 is 4.74 Å². The van der Waals surface area contributed by atoms with Crippen molar-refractivity contribution in [3.8, 4) is 0 Å². The van der Waals surface area contributed by atoms with Crippen LogP contribution >= 0.6 is 22.6 Å². The Morgan fingerprint density at radius 1 is 1.58 bits per heavy atom. The topological polar surface area (TPSA) is 25.4 Å². The zero-order valence-corrected chi connectivity index (χ0v) is 8.82. The third-order valence-electron chi connectivity index (χ3n) is 1.91. The third kappa shape index (κ3) is 2.42. The molecule has 2 heterocycles. The van der Waals surface area contributed by atoms with E-state index in [4.69, 9.17) is 4.74 Å². The number of epoxide rings is 1. The van der Waals surface area contributed by atoms with Crippen LogP contribution in [0.4, 0.5) is 0 Å². The molecular weight excluding hydrogens is 265 g/mol. The molecule has 0 N–H and O–H groups in total. The molecule has 1 saturated heterocycles. The van der Waals surface area contributed by atoms with Gasteiger partial charge in [0.25, 0.3) is 0 Å². The summed E-state index contributed by atoms with van der Waals surface area (Å²) in [4.78, 5) is 4.31. The lowest BCUT2D eigenvalue weighted by Crippen LogP contribution is -1.93. The monoisotopic (exact) mass is 275 g/mol. The first kappa shape index (κ1) is 8.44. The maximum atomic E-state index is 5.12. The first-order chi connectivity index (χ1) is 5.84. The number of pyridine rings is 1. The van der Waals surface area contributed by atoms with E-state index in [0.717, 1.165) is 19.4 Å². The van der Waals surface area contributed by atoms with E-state index in [-0.39, 0.29) is 0 Å². The second-order valence-corrected chi connectivity index (χ2v) is 4.21. The molecule has 1 atom stereocenters. The van der Waals surface area contributed by atoms with Crippen molar-refractivity contribution in [3.05, 3.63) is 27.6 Å². The fourth-order valence-electron chi connectivity index (χ4n) is 1.10. The van der Waals surface area contributed by atoms with Crippen LogP contribution in [0.2, 0.25) is 0 Å². The zero-order chi connectivity index (χ0) is 8.39. The van der Waals surface area contributed by atoms with Crippen molar-refractivity contribution >= 4 is 22.6 Å². The minimum Gasteiger partial charge on any atom is -0.373 e. The Hall–Kier alpha value is -0.160. The number of hydrogen-bond donors (Lipinski definition) is 0. The van der Waals surface area contributed by atoms with E-state index in [0.29, 0.717) is 6.10 Å². The van der Waals surface area contributed by atoms with Gasteiger partial charge in [0.05, 0.1) is 12.7 Å². The Bertz CT molecular complexity index is 256. The van der Waals surface area contributed by atoms with E-state index in [1.165, 1.54) is 9.26 Å². The van der Waals surface area contributed by atoms with Crippen LogP contribution in [-0.4, -0.2) is 17.7 Å². The van der Waals surface area contributed by atoms with E-state index >= 15 is 0 Å². The molecule has 0 unspecified atom stereocenters. The van der Waals surface area contributed by atoms with Crippen LogP contribution in [0.1, 0.15) is 12.1 Å². The van der Waals surface area contributed by atoms with Crippen molar-refractivity contribution in [2.24, 2.45) is 0 Å². The van der Waals surface area contributed by atoms with E-state index in [1.54, 1.807) is 0 Å². The van der Waals surface area contributed by atoms with Crippen molar-refractivity contribution in [2.45, 2.75) is 18.9 Å². The second-order valence-electron chi connectivity index (χ2n) is 2.96. The SMILES string of the molecule is Ic1ccc(CC[C@H]2CO2)nc1. The molecule has 12 heavy (non-hydrogen) atoms. The van der Waals surface area contributed by atoms with Crippen LogP contribution in [0.15, 0.2) is 18.3 Å². The molecule has 0 radical (unpaired) electrons. The number of rotatable bonds is 3. The van der Waals surface area contributed by atoms with Crippen molar-refractivity contribution in [1.29, 1.82) is 0 Å². The summed E-state index contributed by atoms with van der Waals surface area (Å²) in [6.07, 6.45) is 4.59. The average molecular weight is 275 g/mol. The summed E-state index contributed by atoms with van der Waals surface area (Å²) in [6, 6.07) is 4.18. The van der Waals surface area contributed by atoms with Gasteiger partial charge in [-0.25, -0.2) is 0 Å². The summed E-state index contributed by atoms with van der Waals surface area (Å²) < 4.78 is 6.32. The van der Waals surface area contributed by atoms with Crippen LogP contribution in [0.3, 0.4) is 0 Å². The predicted octanol–water partition coefficient (Wildman–Crippen LogP) is 2.02. The fraction of sp³-hybridized carbons (Fsp3) is 0.444. The molecule has 2 rings (SSSR count). The Labute approximate surface area is 85.5 Å². The largest absolute Gasteiger partial charge is 0.373 e. The number of nitrogens with zero attached hydrogens (tertiary/aromatic N) is 1. The van der Waals surface area contributed by atoms with E-state index in [2.05, 4.69) is 39.7 Å². The number of aromatic nitrogens is 1. The zero-order valence-electron chi connectivity index (χ0n) is 6.66. The maximum Gasteiger partial charge on any atom is 0.0813 e. The molecule has 1 aromatic heterocycles. The van der Waals surface area contributed by atoms with Gasteiger partial charge in [-0.05, 0) is 47.6 Å². The highest BCUT2D eigenvalue weighted by Gasteiger charge is 2.21. The number of ether oxygens (including phenoxy) is 1. The van der Waals surface area contributed by atoms with Gasteiger partial charge in [0, 0.05) is 15.5 Å². The van der Waals surface area contributed by atoms with Gasteiger partial charge in [-0.3, -0.25) is 4.98 Å². The molecule has 1 fully saturated rings. The molecule has 1 aromatic rings. The molecule has 0 bridgehead atoms. The maximum absolute atomic E-state index is 5.12. The van der Waals surface area contributed by atoms with Gasteiger partial charge in [-0.2, -0.15) is 0 Å². The third-order valence-corrected chi connectivity index (χ3v) is 2.55. The van der Waals surface area contributed by atoms with Crippen LogP contribution in [-0.2, 0) is 11.2 Å². The van der Waals surface area contributed by atoms with Crippen LogP contribution in [0.5, 0.6) is 0 Å². The molecule has 0 aromatic carbocycles. The Morgan fingerprint density at radius 3 is 3.00 bits per heavy atom. The van der Waals surface area contributed by atoms with Gasteiger partial charge < -0.3 is 4.74 Å². The molecule has 0 aliphatic carbocycles. The molecule has 0 amide bonds. The highest BCUT2D eigenvalue weighted by Crippen LogP contribution is 2.16. The quantitative estimate of drug-likeness (QED) is 0.623. The van der Waals surface area contributed by atoms with Gasteiger partial charge in [0.2, 0.25) is 0 Å². The summed E-state index contributed by atoms with van der Waals surface area (Å²) in [7, 11) is 0. The minimum absolute atomic E-state index is 0.520.